The fourth-order valence-corrected chi connectivity index (χ4v) is 1.84. The number of rotatable bonds is 7. The molecule has 0 unspecified atom stereocenters. The highest BCUT2D eigenvalue weighted by Crippen LogP contribution is 2.17. The molecule has 0 fully saturated rings. The van der Waals surface area contributed by atoms with Gasteiger partial charge >= 0.3 is 0 Å². The van der Waals surface area contributed by atoms with Gasteiger partial charge in [0.1, 0.15) is 12.5 Å². The Kier molecular flexibility index (Phi) is 4.97. The van der Waals surface area contributed by atoms with Gasteiger partial charge in [-0.25, -0.2) is 0 Å². The summed E-state index contributed by atoms with van der Waals surface area (Å²) in [7, 11) is 0. The van der Waals surface area contributed by atoms with Crippen molar-refractivity contribution in [2.45, 2.75) is 26.2 Å². The molecule has 0 aliphatic rings. The van der Waals surface area contributed by atoms with Gasteiger partial charge in [0.2, 0.25) is 0 Å². The van der Waals surface area contributed by atoms with Crippen LogP contribution in [0.4, 0.5) is 0 Å². The van der Waals surface area contributed by atoms with Gasteiger partial charge in [0.05, 0.1) is 11.7 Å². The molecule has 96 valence electrons. The topological polar surface area (TPSA) is 34.1 Å². The first-order chi connectivity index (χ1) is 8.90. The summed E-state index contributed by atoms with van der Waals surface area (Å²) < 4.78 is 5.62. The summed E-state index contributed by atoms with van der Waals surface area (Å²) in [5.41, 5.74) is 1.00. The van der Waals surface area contributed by atoms with E-state index in [9.17, 15) is 0 Å². The van der Waals surface area contributed by atoms with Crippen LogP contribution in [-0.2, 0) is 0 Å². The van der Waals surface area contributed by atoms with Crippen molar-refractivity contribution in [3.05, 3.63) is 36.5 Å². The first-order valence-corrected chi connectivity index (χ1v) is 6.58. The molecule has 0 bridgehead atoms. The minimum atomic E-state index is 0.545. The van der Waals surface area contributed by atoms with Crippen LogP contribution in [0, 0.1) is 0 Å². The number of hydrogen-bond acceptors (Lipinski definition) is 3. The SMILES string of the molecule is CCCCCNCOc1cnc2ccccc2c1. The van der Waals surface area contributed by atoms with Crippen LogP contribution in [0.3, 0.4) is 0 Å². The summed E-state index contributed by atoms with van der Waals surface area (Å²) in [5, 5.41) is 4.38. The van der Waals surface area contributed by atoms with Crippen LogP contribution in [0.2, 0.25) is 0 Å². The molecule has 0 saturated carbocycles. The lowest BCUT2D eigenvalue weighted by atomic mass is 10.2. The second-order valence-corrected chi connectivity index (χ2v) is 4.36. The minimum Gasteiger partial charge on any atom is -0.477 e. The van der Waals surface area contributed by atoms with Crippen molar-refractivity contribution in [1.29, 1.82) is 0 Å². The largest absolute Gasteiger partial charge is 0.477 e. The Hall–Kier alpha value is -1.61. The van der Waals surface area contributed by atoms with E-state index in [0.29, 0.717) is 6.73 Å². The highest BCUT2D eigenvalue weighted by molar-refractivity contribution is 5.79. The van der Waals surface area contributed by atoms with Crippen molar-refractivity contribution in [1.82, 2.24) is 10.3 Å². The van der Waals surface area contributed by atoms with Gasteiger partial charge in [-0.05, 0) is 25.1 Å². The van der Waals surface area contributed by atoms with Crippen molar-refractivity contribution in [3.63, 3.8) is 0 Å². The molecule has 2 rings (SSSR count). The maximum atomic E-state index is 5.62. The van der Waals surface area contributed by atoms with E-state index in [1.807, 2.05) is 30.3 Å². The summed E-state index contributed by atoms with van der Waals surface area (Å²) in [6.07, 6.45) is 5.49. The standard InChI is InChI=1S/C15H20N2O/c1-2-3-6-9-16-12-18-14-10-13-7-4-5-8-15(13)17-11-14/h4-5,7-8,10-11,16H,2-3,6,9,12H2,1H3. The fourth-order valence-electron chi connectivity index (χ4n) is 1.84. The third kappa shape index (κ3) is 3.70. The van der Waals surface area contributed by atoms with Gasteiger partial charge in [0, 0.05) is 5.39 Å². The van der Waals surface area contributed by atoms with E-state index < -0.39 is 0 Å². The Labute approximate surface area is 108 Å². The normalized spacial score (nSPS) is 10.7. The molecular formula is C15H20N2O. The molecule has 0 spiro atoms. The first-order valence-electron chi connectivity index (χ1n) is 6.58. The van der Waals surface area contributed by atoms with Crippen LogP contribution < -0.4 is 10.1 Å². The highest BCUT2D eigenvalue weighted by Gasteiger charge is 1.97. The Balaban J connectivity index is 1.81. The summed E-state index contributed by atoms with van der Waals surface area (Å²) >= 11 is 0. The zero-order chi connectivity index (χ0) is 12.6. The molecule has 1 aromatic heterocycles. The number of nitrogens with one attached hydrogen (secondary N) is 1. The maximum absolute atomic E-state index is 5.62. The van der Waals surface area contributed by atoms with Gasteiger partial charge in [0.15, 0.2) is 0 Å². The number of benzene rings is 1. The van der Waals surface area contributed by atoms with Crippen LogP contribution >= 0.6 is 0 Å². The number of para-hydroxylation sites is 1. The molecule has 1 N–H and O–H groups in total. The molecule has 18 heavy (non-hydrogen) atoms. The Morgan fingerprint density at radius 2 is 2.11 bits per heavy atom. The first kappa shape index (κ1) is 12.8. The Bertz CT molecular complexity index is 485. The smallest absolute Gasteiger partial charge is 0.140 e. The van der Waals surface area contributed by atoms with Crippen LogP contribution in [-0.4, -0.2) is 18.3 Å². The summed E-state index contributed by atoms with van der Waals surface area (Å²) in [6, 6.07) is 10.1. The van der Waals surface area contributed by atoms with Gasteiger partial charge in [-0.1, -0.05) is 38.0 Å². The number of nitrogens with zero attached hydrogens (tertiary/aromatic N) is 1. The molecule has 0 radical (unpaired) electrons. The average molecular weight is 244 g/mol. The molecular weight excluding hydrogens is 224 g/mol. The van der Waals surface area contributed by atoms with Crippen molar-refractivity contribution >= 4 is 10.9 Å². The van der Waals surface area contributed by atoms with E-state index in [1.54, 1.807) is 6.20 Å². The molecule has 3 nitrogen and oxygen atoms in total. The van der Waals surface area contributed by atoms with Crippen LogP contribution in [0.15, 0.2) is 36.5 Å². The summed E-state index contributed by atoms with van der Waals surface area (Å²) in [5.74, 6) is 0.816. The Morgan fingerprint density at radius 1 is 1.22 bits per heavy atom. The zero-order valence-electron chi connectivity index (χ0n) is 10.9. The van der Waals surface area contributed by atoms with Gasteiger partial charge in [-0.2, -0.15) is 0 Å². The van der Waals surface area contributed by atoms with Crippen LogP contribution in [0.1, 0.15) is 26.2 Å². The number of pyridine rings is 1. The Morgan fingerprint density at radius 3 is 3.00 bits per heavy atom. The lowest BCUT2D eigenvalue weighted by Gasteiger charge is -2.08. The van der Waals surface area contributed by atoms with Crippen molar-refractivity contribution in [3.8, 4) is 5.75 Å². The number of unbranched alkanes of at least 4 members (excludes halogenated alkanes) is 2. The number of fused-ring (bicyclic) bond motifs is 1. The van der Waals surface area contributed by atoms with Crippen molar-refractivity contribution in [2.24, 2.45) is 0 Å². The van der Waals surface area contributed by atoms with Crippen LogP contribution in [0.5, 0.6) is 5.75 Å². The maximum Gasteiger partial charge on any atom is 0.140 e. The number of hydrogen-bond donors (Lipinski definition) is 1. The van der Waals surface area contributed by atoms with Crippen molar-refractivity contribution in [2.75, 3.05) is 13.3 Å². The highest BCUT2D eigenvalue weighted by atomic mass is 16.5. The second-order valence-electron chi connectivity index (χ2n) is 4.36. The van der Waals surface area contributed by atoms with Gasteiger partial charge in [-0.3, -0.25) is 10.3 Å². The monoisotopic (exact) mass is 244 g/mol. The molecule has 1 aromatic carbocycles. The fraction of sp³-hybridized carbons (Fsp3) is 0.400. The molecule has 2 aromatic rings. The molecule has 0 saturated heterocycles. The van der Waals surface area contributed by atoms with Crippen LogP contribution in [0.25, 0.3) is 10.9 Å². The lowest BCUT2D eigenvalue weighted by Crippen LogP contribution is -2.21. The van der Waals surface area contributed by atoms with E-state index in [4.69, 9.17) is 4.74 Å². The minimum absolute atomic E-state index is 0.545. The van der Waals surface area contributed by atoms with E-state index in [0.717, 1.165) is 23.2 Å². The van der Waals surface area contributed by atoms with E-state index in [1.165, 1.54) is 19.3 Å². The van der Waals surface area contributed by atoms with Gasteiger partial charge < -0.3 is 4.74 Å². The third-order valence-electron chi connectivity index (χ3n) is 2.86. The molecule has 3 heteroatoms. The molecule has 0 aliphatic heterocycles. The predicted molar refractivity (Wildman–Crippen MR) is 74.8 cm³/mol. The zero-order valence-corrected chi connectivity index (χ0v) is 10.9. The van der Waals surface area contributed by atoms with E-state index in [-0.39, 0.29) is 0 Å². The summed E-state index contributed by atoms with van der Waals surface area (Å²) in [6.45, 7) is 3.76. The lowest BCUT2D eigenvalue weighted by molar-refractivity contribution is 0.282. The van der Waals surface area contributed by atoms with Gasteiger partial charge in [0.25, 0.3) is 0 Å². The quantitative estimate of drug-likeness (QED) is 0.599. The predicted octanol–water partition coefficient (Wildman–Crippen LogP) is 3.35. The second kappa shape index (κ2) is 6.97. The molecule has 0 atom stereocenters. The van der Waals surface area contributed by atoms with E-state index >= 15 is 0 Å². The molecule has 0 aliphatic carbocycles. The number of ether oxygens (including phenoxy) is 1. The third-order valence-corrected chi connectivity index (χ3v) is 2.86. The molecule has 0 amide bonds. The van der Waals surface area contributed by atoms with Gasteiger partial charge in [-0.15, -0.1) is 0 Å². The summed E-state index contributed by atoms with van der Waals surface area (Å²) in [4.78, 5) is 4.36. The van der Waals surface area contributed by atoms with E-state index in [2.05, 4.69) is 17.2 Å². The average Bonchev–Trinajstić information content (AvgIpc) is 2.42. The molecule has 1 heterocycles. The van der Waals surface area contributed by atoms with Crippen molar-refractivity contribution < 1.29 is 4.74 Å². The number of aromatic nitrogens is 1.